The van der Waals surface area contributed by atoms with E-state index in [0.29, 0.717) is 17.6 Å². The molecule has 3 nitrogen and oxygen atoms in total. The lowest BCUT2D eigenvalue weighted by molar-refractivity contribution is -0.121. The van der Waals surface area contributed by atoms with E-state index in [1.807, 2.05) is 0 Å². The second-order valence-electron chi connectivity index (χ2n) is 4.65. The van der Waals surface area contributed by atoms with Crippen LogP contribution < -0.4 is 0 Å². The van der Waals surface area contributed by atoms with Crippen molar-refractivity contribution in [1.29, 1.82) is 0 Å². The Morgan fingerprint density at radius 1 is 1.40 bits per heavy atom. The van der Waals surface area contributed by atoms with E-state index in [-0.39, 0.29) is 0 Å². The van der Waals surface area contributed by atoms with Crippen LogP contribution in [0.5, 0.6) is 0 Å². The molecule has 2 atom stereocenters. The van der Waals surface area contributed by atoms with E-state index in [9.17, 15) is 4.79 Å². The van der Waals surface area contributed by atoms with E-state index in [1.165, 1.54) is 0 Å². The maximum Gasteiger partial charge on any atom is 0.136 e. The summed E-state index contributed by atoms with van der Waals surface area (Å²) in [7, 11) is 0. The largest absolute Gasteiger partial charge is 0.381 e. The fourth-order valence-corrected chi connectivity index (χ4v) is 2.38. The Morgan fingerprint density at radius 3 is 3.00 bits per heavy atom. The highest BCUT2D eigenvalue weighted by Gasteiger charge is 2.24. The van der Waals surface area contributed by atoms with Crippen molar-refractivity contribution in [1.82, 2.24) is 0 Å². The van der Waals surface area contributed by atoms with Crippen LogP contribution >= 0.6 is 0 Å². The molecule has 1 saturated heterocycles. The summed E-state index contributed by atoms with van der Waals surface area (Å²) in [5, 5.41) is 0. The van der Waals surface area contributed by atoms with Crippen LogP contribution in [0.4, 0.5) is 0 Å². The predicted molar refractivity (Wildman–Crippen MR) is 56.7 cm³/mol. The summed E-state index contributed by atoms with van der Waals surface area (Å²) in [6.45, 7) is 3.28. The Kier molecular flexibility index (Phi) is 4.15. The molecular formula is C12H20O3. The van der Waals surface area contributed by atoms with Crippen molar-refractivity contribution in [3.05, 3.63) is 0 Å². The summed E-state index contributed by atoms with van der Waals surface area (Å²) in [6.07, 6.45) is 5.00. The van der Waals surface area contributed by atoms with Gasteiger partial charge < -0.3 is 9.47 Å². The molecule has 2 unspecified atom stereocenters. The molecule has 0 bridgehead atoms. The van der Waals surface area contributed by atoms with Crippen LogP contribution in [0.25, 0.3) is 0 Å². The Balaban J connectivity index is 1.52. The number of hydrogen-bond acceptors (Lipinski definition) is 3. The van der Waals surface area contributed by atoms with Gasteiger partial charge in [0.25, 0.3) is 0 Å². The summed E-state index contributed by atoms with van der Waals surface area (Å²) in [4.78, 5) is 11.3. The Morgan fingerprint density at radius 2 is 2.33 bits per heavy atom. The summed E-state index contributed by atoms with van der Waals surface area (Å²) in [5.74, 6) is 1.33. The third kappa shape index (κ3) is 3.28. The second kappa shape index (κ2) is 5.61. The molecule has 1 aliphatic heterocycles. The first kappa shape index (κ1) is 11.1. The van der Waals surface area contributed by atoms with E-state index in [1.54, 1.807) is 0 Å². The molecule has 2 aliphatic rings. The number of hydrogen-bond donors (Lipinski definition) is 0. The lowest BCUT2D eigenvalue weighted by Crippen LogP contribution is -2.13. The molecular weight excluding hydrogens is 192 g/mol. The lowest BCUT2D eigenvalue weighted by Gasteiger charge is -2.10. The zero-order chi connectivity index (χ0) is 10.5. The van der Waals surface area contributed by atoms with Crippen molar-refractivity contribution in [3.63, 3.8) is 0 Å². The third-order valence-electron chi connectivity index (χ3n) is 3.42. The third-order valence-corrected chi connectivity index (χ3v) is 3.42. The van der Waals surface area contributed by atoms with Gasteiger partial charge in [0.1, 0.15) is 5.78 Å². The van der Waals surface area contributed by atoms with Crippen LogP contribution in [0.3, 0.4) is 0 Å². The lowest BCUT2D eigenvalue weighted by atomic mass is 10.0. The van der Waals surface area contributed by atoms with Crippen molar-refractivity contribution < 1.29 is 14.3 Å². The number of rotatable bonds is 5. The standard InChI is InChI=1S/C12H20O3/c13-12-3-1-2-11(12)5-7-15-9-10-4-6-14-8-10/h10-11H,1-9H2. The van der Waals surface area contributed by atoms with Gasteiger partial charge in [-0.25, -0.2) is 0 Å². The Hall–Kier alpha value is -0.410. The van der Waals surface area contributed by atoms with E-state index < -0.39 is 0 Å². The van der Waals surface area contributed by atoms with Crippen LogP contribution in [-0.4, -0.2) is 32.2 Å². The highest BCUT2D eigenvalue weighted by molar-refractivity contribution is 5.82. The van der Waals surface area contributed by atoms with Crippen LogP contribution in [0.1, 0.15) is 32.1 Å². The molecule has 0 radical (unpaired) electrons. The molecule has 86 valence electrons. The van der Waals surface area contributed by atoms with Gasteiger partial charge in [0, 0.05) is 31.5 Å². The highest BCUT2D eigenvalue weighted by atomic mass is 16.5. The molecule has 1 aliphatic carbocycles. The minimum atomic E-state index is 0.296. The number of ether oxygens (including phenoxy) is 2. The topological polar surface area (TPSA) is 35.5 Å². The van der Waals surface area contributed by atoms with Crippen molar-refractivity contribution in [2.45, 2.75) is 32.1 Å². The highest BCUT2D eigenvalue weighted by Crippen LogP contribution is 2.24. The molecule has 3 heteroatoms. The minimum absolute atomic E-state index is 0.296. The quantitative estimate of drug-likeness (QED) is 0.652. The molecule has 0 aromatic carbocycles. The first-order valence-electron chi connectivity index (χ1n) is 6.04. The molecule has 2 fully saturated rings. The van der Waals surface area contributed by atoms with Crippen molar-refractivity contribution in [2.75, 3.05) is 26.4 Å². The first-order chi connectivity index (χ1) is 7.36. The molecule has 0 aromatic heterocycles. The zero-order valence-corrected chi connectivity index (χ0v) is 9.24. The van der Waals surface area contributed by atoms with Crippen LogP contribution in [-0.2, 0) is 14.3 Å². The van der Waals surface area contributed by atoms with Gasteiger partial charge in [-0.2, -0.15) is 0 Å². The molecule has 1 heterocycles. The molecule has 0 aromatic rings. The predicted octanol–water partition coefficient (Wildman–Crippen LogP) is 1.80. The van der Waals surface area contributed by atoms with Crippen LogP contribution in [0.2, 0.25) is 0 Å². The Labute approximate surface area is 91.1 Å². The molecule has 0 amide bonds. The van der Waals surface area contributed by atoms with Gasteiger partial charge in [-0.05, 0) is 25.7 Å². The minimum Gasteiger partial charge on any atom is -0.381 e. The number of carbonyl (C=O) groups is 1. The average Bonchev–Trinajstić information content (AvgIpc) is 2.85. The van der Waals surface area contributed by atoms with Gasteiger partial charge in [-0.15, -0.1) is 0 Å². The van der Waals surface area contributed by atoms with Crippen molar-refractivity contribution in [2.24, 2.45) is 11.8 Å². The normalized spacial score (nSPS) is 31.3. The SMILES string of the molecule is O=C1CCCC1CCOCC1CCOC1. The van der Waals surface area contributed by atoms with E-state index in [0.717, 1.165) is 58.5 Å². The summed E-state index contributed by atoms with van der Waals surface area (Å²) in [6, 6.07) is 0. The van der Waals surface area contributed by atoms with Gasteiger partial charge in [-0.1, -0.05) is 0 Å². The molecule has 0 N–H and O–H groups in total. The summed E-state index contributed by atoms with van der Waals surface area (Å²) >= 11 is 0. The van der Waals surface area contributed by atoms with Gasteiger partial charge >= 0.3 is 0 Å². The smallest absolute Gasteiger partial charge is 0.136 e. The van der Waals surface area contributed by atoms with Crippen LogP contribution in [0, 0.1) is 11.8 Å². The average molecular weight is 212 g/mol. The molecule has 1 saturated carbocycles. The summed E-state index contributed by atoms with van der Waals surface area (Å²) in [5.41, 5.74) is 0. The molecule has 0 spiro atoms. The fourth-order valence-electron chi connectivity index (χ4n) is 2.38. The van der Waals surface area contributed by atoms with Crippen LogP contribution in [0.15, 0.2) is 0 Å². The zero-order valence-electron chi connectivity index (χ0n) is 9.24. The molecule has 15 heavy (non-hydrogen) atoms. The van der Waals surface area contributed by atoms with Gasteiger partial charge in [0.05, 0.1) is 13.2 Å². The first-order valence-corrected chi connectivity index (χ1v) is 6.04. The molecule has 2 rings (SSSR count). The van der Waals surface area contributed by atoms with Gasteiger partial charge in [0.2, 0.25) is 0 Å². The number of ketones is 1. The maximum absolute atomic E-state index is 11.3. The second-order valence-corrected chi connectivity index (χ2v) is 4.65. The summed E-state index contributed by atoms with van der Waals surface area (Å²) < 4.78 is 10.9. The van der Waals surface area contributed by atoms with Gasteiger partial charge in [-0.3, -0.25) is 4.79 Å². The van der Waals surface area contributed by atoms with E-state index in [4.69, 9.17) is 9.47 Å². The fraction of sp³-hybridized carbons (Fsp3) is 0.917. The van der Waals surface area contributed by atoms with Gasteiger partial charge in [0.15, 0.2) is 0 Å². The van der Waals surface area contributed by atoms with Crippen molar-refractivity contribution >= 4 is 5.78 Å². The Bertz CT molecular complexity index is 209. The van der Waals surface area contributed by atoms with Crippen molar-refractivity contribution in [3.8, 4) is 0 Å². The number of carbonyl (C=O) groups excluding carboxylic acids is 1. The van der Waals surface area contributed by atoms with E-state index >= 15 is 0 Å². The monoisotopic (exact) mass is 212 g/mol. The number of Topliss-reactive ketones (excluding diaryl/α,β-unsaturated/α-hetero) is 1. The maximum atomic E-state index is 11.3. The van der Waals surface area contributed by atoms with E-state index in [2.05, 4.69) is 0 Å².